The van der Waals surface area contributed by atoms with E-state index in [0.717, 1.165) is 22.1 Å². The molecule has 1 N–H and O–H groups in total. The summed E-state index contributed by atoms with van der Waals surface area (Å²) < 4.78 is 39.1. The van der Waals surface area contributed by atoms with Crippen molar-refractivity contribution in [2.45, 2.75) is 32.0 Å². The van der Waals surface area contributed by atoms with Crippen LogP contribution in [0.25, 0.3) is 10.1 Å². The molecular formula is C14H16F3NS. The van der Waals surface area contributed by atoms with Gasteiger partial charge in [0.2, 0.25) is 0 Å². The number of alkyl halides is 3. The minimum atomic E-state index is -4.16. The van der Waals surface area contributed by atoms with Crippen LogP contribution in [0.4, 0.5) is 13.2 Å². The van der Waals surface area contributed by atoms with Gasteiger partial charge in [0.25, 0.3) is 0 Å². The smallest absolute Gasteiger partial charge is 0.310 e. The second-order valence-electron chi connectivity index (χ2n) is 4.51. The number of rotatable bonds is 5. The first-order valence-corrected chi connectivity index (χ1v) is 7.15. The second-order valence-corrected chi connectivity index (χ2v) is 5.43. The van der Waals surface area contributed by atoms with Gasteiger partial charge in [-0.05, 0) is 35.4 Å². The lowest BCUT2D eigenvalue weighted by molar-refractivity contribution is -0.140. The summed E-state index contributed by atoms with van der Waals surface area (Å²) in [5, 5.41) is 5.93. The number of fused-ring (bicyclic) bond motifs is 1. The maximum Gasteiger partial charge on any atom is 0.390 e. The summed E-state index contributed by atoms with van der Waals surface area (Å²) in [5.74, 6) is 0. The normalized spacial score (nSPS) is 13.9. The van der Waals surface area contributed by atoms with Gasteiger partial charge in [0, 0.05) is 10.7 Å². The summed E-state index contributed by atoms with van der Waals surface area (Å²) in [6.45, 7) is 2.53. The first-order chi connectivity index (χ1) is 9.01. The van der Waals surface area contributed by atoms with Gasteiger partial charge in [-0.3, -0.25) is 0 Å². The van der Waals surface area contributed by atoms with Crippen LogP contribution in [0.2, 0.25) is 0 Å². The number of hydrogen-bond acceptors (Lipinski definition) is 2. The van der Waals surface area contributed by atoms with Crippen LogP contribution in [0.1, 0.15) is 31.4 Å². The average Bonchev–Trinajstić information content (AvgIpc) is 2.81. The second kappa shape index (κ2) is 5.92. The Kier molecular flexibility index (Phi) is 4.47. The largest absolute Gasteiger partial charge is 0.390 e. The zero-order valence-corrected chi connectivity index (χ0v) is 11.4. The van der Waals surface area contributed by atoms with Crippen molar-refractivity contribution in [2.24, 2.45) is 0 Å². The Morgan fingerprint density at radius 1 is 1.26 bits per heavy atom. The molecule has 104 valence electrons. The highest BCUT2D eigenvalue weighted by molar-refractivity contribution is 7.17. The number of thiophene rings is 1. The lowest BCUT2D eigenvalue weighted by Crippen LogP contribution is -2.27. The van der Waals surface area contributed by atoms with Gasteiger partial charge in [0.05, 0.1) is 6.42 Å². The Hall–Kier alpha value is -1.07. The molecule has 0 aliphatic carbocycles. The molecule has 0 aliphatic rings. The number of nitrogens with one attached hydrogen (secondary N) is 1. The van der Waals surface area contributed by atoms with Gasteiger partial charge in [-0.15, -0.1) is 11.3 Å². The third-order valence-corrected chi connectivity index (χ3v) is 3.94. The van der Waals surface area contributed by atoms with Crippen LogP contribution in [0.5, 0.6) is 0 Å². The Labute approximate surface area is 114 Å². The number of halogens is 3. The average molecular weight is 287 g/mol. The summed E-state index contributed by atoms with van der Waals surface area (Å²) in [4.78, 5) is 0. The van der Waals surface area contributed by atoms with Crippen LogP contribution in [0.15, 0.2) is 29.6 Å². The molecule has 0 bridgehead atoms. The van der Waals surface area contributed by atoms with Crippen molar-refractivity contribution < 1.29 is 13.2 Å². The van der Waals surface area contributed by atoms with Crippen molar-refractivity contribution in [3.8, 4) is 0 Å². The first-order valence-electron chi connectivity index (χ1n) is 6.27. The third kappa shape index (κ3) is 3.70. The topological polar surface area (TPSA) is 12.0 Å². The molecule has 1 aromatic heterocycles. The molecule has 0 aliphatic heterocycles. The highest BCUT2D eigenvalue weighted by atomic mass is 32.1. The molecule has 1 atom stereocenters. The predicted molar refractivity (Wildman–Crippen MR) is 73.5 cm³/mol. The van der Waals surface area contributed by atoms with Crippen LogP contribution in [0, 0.1) is 0 Å². The molecule has 0 amide bonds. The van der Waals surface area contributed by atoms with E-state index in [9.17, 15) is 13.2 Å². The van der Waals surface area contributed by atoms with Crippen molar-refractivity contribution in [1.29, 1.82) is 0 Å². The molecule has 1 unspecified atom stereocenters. The Morgan fingerprint density at radius 3 is 2.74 bits per heavy atom. The van der Waals surface area contributed by atoms with Crippen molar-refractivity contribution in [3.63, 3.8) is 0 Å². The summed E-state index contributed by atoms with van der Waals surface area (Å²) in [5.41, 5.74) is 0.748. The van der Waals surface area contributed by atoms with Crippen molar-refractivity contribution >= 4 is 21.4 Å². The Morgan fingerprint density at radius 2 is 2.05 bits per heavy atom. The fraction of sp³-hybridized carbons (Fsp3) is 0.429. The molecule has 0 fully saturated rings. The van der Waals surface area contributed by atoms with E-state index < -0.39 is 18.6 Å². The molecule has 1 nitrogen and oxygen atoms in total. The highest BCUT2D eigenvalue weighted by Crippen LogP contribution is 2.35. The third-order valence-electron chi connectivity index (χ3n) is 2.96. The van der Waals surface area contributed by atoms with Gasteiger partial charge in [-0.1, -0.05) is 25.1 Å². The molecular weight excluding hydrogens is 271 g/mol. The lowest BCUT2D eigenvalue weighted by atomic mass is 10.0. The predicted octanol–water partition coefficient (Wildman–Crippen LogP) is 4.89. The van der Waals surface area contributed by atoms with E-state index in [4.69, 9.17) is 0 Å². The molecule has 2 rings (SSSR count). The SMILES string of the molecule is CCCNC(CC(F)(F)F)c1cccc2ccsc12. The van der Waals surface area contributed by atoms with Gasteiger partial charge >= 0.3 is 6.18 Å². The van der Waals surface area contributed by atoms with E-state index in [0.29, 0.717) is 6.54 Å². The molecule has 0 radical (unpaired) electrons. The molecule has 5 heteroatoms. The van der Waals surface area contributed by atoms with Crippen LogP contribution < -0.4 is 5.32 Å². The van der Waals surface area contributed by atoms with E-state index in [1.165, 1.54) is 11.3 Å². The zero-order chi connectivity index (χ0) is 13.9. The van der Waals surface area contributed by atoms with E-state index in [1.807, 2.05) is 30.5 Å². The van der Waals surface area contributed by atoms with Gasteiger partial charge < -0.3 is 5.32 Å². The number of benzene rings is 1. The number of hydrogen-bond donors (Lipinski definition) is 1. The van der Waals surface area contributed by atoms with Gasteiger partial charge in [0.15, 0.2) is 0 Å². The maximum atomic E-state index is 12.7. The van der Waals surface area contributed by atoms with Crippen LogP contribution in [0.3, 0.4) is 0 Å². The highest BCUT2D eigenvalue weighted by Gasteiger charge is 2.33. The first kappa shape index (κ1) is 14.3. The molecule has 1 heterocycles. The molecule has 0 saturated carbocycles. The van der Waals surface area contributed by atoms with Crippen molar-refractivity contribution in [1.82, 2.24) is 5.32 Å². The van der Waals surface area contributed by atoms with Gasteiger partial charge in [-0.25, -0.2) is 0 Å². The van der Waals surface area contributed by atoms with Crippen molar-refractivity contribution in [3.05, 3.63) is 35.2 Å². The van der Waals surface area contributed by atoms with Crippen molar-refractivity contribution in [2.75, 3.05) is 6.54 Å². The lowest BCUT2D eigenvalue weighted by Gasteiger charge is -2.21. The molecule has 0 saturated heterocycles. The van der Waals surface area contributed by atoms with Crippen LogP contribution >= 0.6 is 11.3 Å². The van der Waals surface area contributed by atoms with E-state index in [-0.39, 0.29) is 0 Å². The minimum absolute atomic E-state index is 0.586. The Balaban J connectivity index is 2.33. The summed E-state index contributed by atoms with van der Waals surface area (Å²) in [6.07, 6.45) is -4.18. The zero-order valence-electron chi connectivity index (χ0n) is 10.6. The maximum absolute atomic E-state index is 12.7. The van der Waals surface area contributed by atoms with E-state index >= 15 is 0 Å². The van der Waals surface area contributed by atoms with Crippen LogP contribution in [-0.2, 0) is 0 Å². The standard InChI is InChI=1S/C14H16F3NS/c1-2-7-18-12(9-14(15,16)17)11-5-3-4-10-6-8-19-13(10)11/h3-6,8,12,18H,2,7,9H2,1H3. The quantitative estimate of drug-likeness (QED) is 0.825. The molecule has 19 heavy (non-hydrogen) atoms. The fourth-order valence-corrected chi connectivity index (χ4v) is 3.10. The molecule has 1 aromatic carbocycles. The Bertz CT molecular complexity index is 533. The summed E-state index contributed by atoms with van der Waals surface area (Å²) in [6, 6.07) is 6.81. The van der Waals surface area contributed by atoms with E-state index in [1.54, 1.807) is 6.07 Å². The summed E-state index contributed by atoms with van der Waals surface area (Å²) in [7, 11) is 0. The van der Waals surface area contributed by atoms with Gasteiger partial charge in [-0.2, -0.15) is 13.2 Å². The molecule has 0 spiro atoms. The fourth-order valence-electron chi connectivity index (χ4n) is 2.13. The monoisotopic (exact) mass is 287 g/mol. The van der Waals surface area contributed by atoms with E-state index in [2.05, 4.69) is 5.32 Å². The minimum Gasteiger partial charge on any atom is -0.310 e. The molecule has 2 aromatic rings. The van der Waals surface area contributed by atoms with Gasteiger partial charge in [0.1, 0.15) is 0 Å². The summed E-state index contributed by atoms with van der Waals surface area (Å²) >= 11 is 1.49. The van der Waals surface area contributed by atoms with Crippen LogP contribution in [-0.4, -0.2) is 12.7 Å².